The van der Waals surface area contributed by atoms with Crippen LogP contribution in [0, 0.1) is 13.8 Å². The quantitative estimate of drug-likeness (QED) is 0.714. The Hall–Kier alpha value is -1.11. The van der Waals surface area contributed by atoms with Gasteiger partial charge in [0.15, 0.2) is 0 Å². The number of rotatable bonds is 3. The Balaban J connectivity index is 2.89. The predicted octanol–water partition coefficient (Wildman–Crippen LogP) is 3.39. The summed E-state index contributed by atoms with van der Waals surface area (Å²) in [4.78, 5) is 11.0. The number of Topliss-reactive ketones (excluding diaryl/α,β-unsaturated/α-hetero) is 1. The first-order chi connectivity index (χ1) is 6.49. The van der Waals surface area contributed by atoms with Gasteiger partial charge in [-0.3, -0.25) is 0 Å². The van der Waals surface area contributed by atoms with Crippen molar-refractivity contribution in [2.45, 2.75) is 40.0 Å². The molecule has 0 aromatic heterocycles. The molecule has 1 unspecified atom stereocenters. The summed E-state index contributed by atoms with van der Waals surface area (Å²) in [6.07, 6.45) is 0.642. The van der Waals surface area contributed by atoms with Crippen molar-refractivity contribution in [1.82, 2.24) is 0 Å². The van der Waals surface area contributed by atoms with Crippen molar-refractivity contribution in [3.63, 3.8) is 0 Å². The van der Waals surface area contributed by atoms with Crippen LogP contribution in [0.15, 0.2) is 18.2 Å². The minimum atomic E-state index is 0.261. The molecular formula is C13H18O. The smallest absolute Gasteiger partial charge is 0.130 e. The van der Waals surface area contributed by atoms with Crippen molar-refractivity contribution in [1.29, 1.82) is 0 Å². The number of benzene rings is 1. The lowest BCUT2D eigenvalue weighted by molar-refractivity contribution is -0.117. The van der Waals surface area contributed by atoms with Gasteiger partial charge < -0.3 is 4.79 Å². The fourth-order valence-electron chi connectivity index (χ4n) is 1.84. The third-order valence-corrected chi connectivity index (χ3v) is 2.41. The molecule has 0 spiro atoms. The summed E-state index contributed by atoms with van der Waals surface area (Å²) >= 11 is 0. The zero-order valence-electron chi connectivity index (χ0n) is 9.42. The normalized spacial score (nSPS) is 12.6. The van der Waals surface area contributed by atoms with Crippen LogP contribution >= 0.6 is 0 Å². The molecule has 0 amide bonds. The Kier molecular flexibility index (Phi) is 3.45. The molecule has 0 radical (unpaired) electrons. The van der Waals surface area contributed by atoms with Crippen molar-refractivity contribution < 1.29 is 4.79 Å². The van der Waals surface area contributed by atoms with E-state index in [-0.39, 0.29) is 5.78 Å². The molecule has 0 aliphatic heterocycles. The molecule has 1 aromatic rings. The second kappa shape index (κ2) is 4.41. The second-order valence-electron chi connectivity index (χ2n) is 4.23. The van der Waals surface area contributed by atoms with E-state index in [0.717, 1.165) is 0 Å². The molecule has 0 aliphatic rings. The molecule has 0 heterocycles. The van der Waals surface area contributed by atoms with Crippen LogP contribution in [0.1, 0.15) is 42.9 Å². The van der Waals surface area contributed by atoms with Crippen LogP contribution in [0.4, 0.5) is 0 Å². The van der Waals surface area contributed by atoms with Gasteiger partial charge in [-0.1, -0.05) is 36.2 Å². The molecule has 1 rings (SSSR count). The highest BCUT2D eigenvalue weighted by molar-refractivity contribution is 5.76. The van der Waals surface area contributed by atoms with Gasteiger partial charge in [-0.15, -0.1) is 0 Å². The number of carbonyl (C=O) groups is 1. The van der Waals surface area contributed by atoms with Crippen molar-refractivity contribution in [2.75, 3.05) is 0 Å². The molecule has 0 fully saturated rings. The van der Waals surface area contributed by atoms with Gasteiger partial charge in [-0.2, -0.15) is 0 Å². The molecule has 1 aromatic carbocycles. The Morgan fingerprint density at radius 1 is 1.21 bits per heavy atom. The standard InChI is InChI=1S/C13H18O/c1-9-5-10(2)7-13(6-9)11(3)8-12(4)14/h5-7,11H,8H2,1-4H3. The number of carbonyl (C=O) groups excluding carboxylic acids is 1. The number of aryl methyl sites for hydroxylation is 2. The van der Waals surface area contributed by atoms with Gasteiger partial charge in [0.05, 0.1) is 0 Å². The summed E-state index contributed by atoms with van der Waals surface area (Å²) in [5.41, 5.74) is 3.82. The fourth-order valence-corrected chi connectivity index (χ4v) is 1.84. The van der Waals surface area contributed by atoms with Gasteiger partial charge in [0.25, 0.3) is 0 Å². The van der Waals surface area contributed by atoms with Crippen LogP contribution < -0.4 is 0 Å². The number of hydrogen-bond donors (Lipinski definition) is 0. The average molecular weight is 190 g/mol. The van der Waals surface area contributed by atoms with E-state index >= 15 is 0 Å². The van der Waals surface area contributed by atoms with Crippen LogP contribution in [0.5, 0.6) is 0 Å². The molecule has 0 bridgehead atoms. The monoisotopic (exact) mass is 190 g/mol. The lowest BCUT2D eigenvalue weighted by Gasteiger charge is -2.11. The minimum Gasteiger partial charge on any atom is -0.300 e. The van der Waals surface area contributed by atoms with E-state index in [2.05, 4.69) is 39.0 Å². The lowest BCUT2D eigenvalue weighted by atomic mass is 9.93. The van der Waals surface area contributed by atoms with Crippen LogP contribution in [0.25, 0.3) is 0 Å². The SMILES string of the molecule is CC(=O)CC(C)c1cc(C)cc(C)c1. The second-order valence-corrected chi connectivity index (χ2v) is 4.23. The van der Waals surface area contributed by atoms with E-state index in [1.807, 2.05) is 0 Å². The van der Waals surface area contributed by atoms with Gasteiger partial charge >= 0.3 is 0 Å². The summed E-state index contributed by atoms with van der Waals surface area (Å²) in [5, 5.41) is 0. The molecule has 14 heavy (non-hydrogen) atoms. The summed E-state index contributed by atoms with van der Waals surface area (Å²) in [6, 6.07) is 6.49. The maximum absolute atomic E-state index is 11.0. The van der Waals surface area contributed by atoms with E-state index in [0.29, 0.717) is 12.3 Å². The molecule has 0 saturated carbocycles. The highest BCUT2D eigenvalue weighted by Gasteiger charge is 2.08. The van der Waals surface area contributed by atoms with Crippen LogP contribution in [0.2, 0.25) is 0 Å². The van der Waals surface area contributed by atoms with Gasteiger partial charge in [0.1, 0.15) is 5.78 Å². The van der Waals surface area contributed by atoms with Crippen molar-refractivity contribution in [3.8, 4) is 0 Å². The Labute approximate surface area is 86.1 Å². The maximum Gasteiger partial charge on any atom is 0.130 e. The van der Waals surface area contributed by atoms with Gasteiger partial charge in [-0.05, 0) is 32.3 Å². The first-order valence-corrected chi connectivity index (χ1v) is 5.06. The highest BCUT2D eigenvalue weighted by Crippen LogP contribution is 2.21. The van der Waals surface area contributed by atoms with E-state index in [1.54, 1.807) is 6.92 Å². The summed E-state index contributed by atoms with van der Waals surface area (Å²) < 4.78 is 0. The fraction of sp³-hybridized carbons (Fsp3) is 0.462. The van der Waals surface area contributed by atoms with Crippen LogP contribution in [0.3, 0.4) is 0 Å². The lowest BCUT2D eigenvalue weighted by Crippen LogP contribution is -2.01. The van der Waals surface area contributed by atoms with Crippen molar-refractivity contribution in [2.24, 2.45) is 0 Å². The van der Waals surface area contributed by atoms with E-state index in [1.165, 1.54) is 16.7 Å². The van der Waals surface area contributed by atoms with Crippen LogP contribution in [-0.2, 0) is 4.79 Å². The van der Waals surface area contributed by atoms with Gasteiger partial charge in [0.2, 0.25) is 0 Å². The third kappa shape index (κ3) is 2.99. The molecule has 0 aliphatic carbocycles. The predicted molar refractivity (Wildman–Crippen MR) is 59.6 cm³/mol. The molecule has 76 valence electrons. The Bertz CT molecular complexity index is 319. The maximum atomic E-state index is 11.0. The first-order valence-electron chi connectivity index (χ1n) is 5.06. The average Bonchev–Trinajstić information content (AvgIpc) is 2.00. The molecule has 1 nitrogen and oxygen atoms in total. The Morgan fingerprint density at radius 2 is 1.71 bits per heavy atom. The van der Waals surface area contributed by atoms with E-state index < -0.39 is 0 Å². The Morgan fingerprint density at radius 3 is 2.14 bits per heavy atom. The molecule has 1 atom stereocenters. The van der Waals surface area contributed by atoms with Crippen LogP contribution in [-0.4, -0.2) is 5.78 Å². The van der Waals surface area contributed by atoms with E-state index in [9.17, 15) is 4.79 Å². The summed E-state index contributed by atoms with van der Waals surface area (Å²) in [6.45, 7) is 7.95. The molecule has 0 N–H and O–H groups in total. The zero-order chi connectivity index (χ0) is 10.7. The zero-order valence-corrected chi connectivity index (χ0v) is 9.42. The van der Waals surface area contributed by atoms with Crippen molar-refractivity contribution >= 4 is 5.78 Å². The highest BCUT2D eigenvalue weighted by atomic mass is 16.1. The first kappa shape index (κ1) is 11.0. The number of hydrogen-bond acceptors (Lipinski definition) is 1. The van der Waals surface area contributed by atoms with Crippen molar-refractivity contribution in [3.05, 3.63) is 34.9 Å². The molecule has 0 saturated heterocycles. The minimum absolute atomic E-state index is 0.261. The van der Waals surface area contributed by atoms with Gasteiger partial charge in [-0.25, -0.2) is 0 Å². The molecule has 1 heteroatoms. The third-order valence-electron chi connectivity index (χ3n) is 2.41. The summed E-state index contributed by atoms with van der Waals surface area (Å²) in [7, 11) is 0. The molecular weight excluding hydrogens is 172 g/mol. The number of ketones is 1. The summed E-state index contributed by atoms with van der Waals surface area (Å²) in [5.74, 6) is 0.600. The topological polar surface area (TPSA) is 17.1 Å². The van der Waals surface area contributed by atoms with E-state index in [4.69, 9.17) is 0 Å². The van der Waals surface area contributed by atoms with Gasteiger partial charge in [0, 0.05) is 6.42 Å². The largest absolute Gasteiger partial charge is 0.300 e.